The average molecular weight is 193 g/mol. The van der Waals surface area contributed by atoms with Gasteiger partial charge in [0.15, 0.2) is 0 Å². The van der Waals surface area contributed by atoms with Crippen molar-refractivity contribution >= 4 is 5.95 Å². The number of hydrogen-bond donors (Lipinski definition) is 1. The molecule has 14 heavy (non-hydrogen) atoms. The zero-order valence-corrected chi connectivity index (χ0v) is 9.25. The van der Waals surface area contributed by atoms with Crippen molar-refractivity contribution in [3.8, 4) is 0 Å². The van der Waals surface area contributed by atoms with Gasteiger partial charge in [-0.25, -0.2) is 4.98 Å². The van der Waals surface area contributed by atoms with Crippen LogP contribution in [0.2, 0.25) is 0 Å². The first-order valence-electron chi connectivity index (χ1n) is 5.43. The molecular formula is C11H19N3. The first kappa shape index (κ1) is 9.56. The van der Waals surface area contributed by atoms with Crippen LogP contribution in [0.4, 0.5) is 5.95 Å². The SMILES string of the molecule is CCn1ccnc1NC(C)(C)C1CC1. The summed E-state index contributed by atoms with van der Waals surface area (Å²) in [5.41, 5.74) is 0.193. The molecule has 1 saturated carbocycles. The Balaban J connectivity index is 2.09. The van der Waals surface area contributed by atoms with E-state index in [-0.39, 0.29) is 5.54 Å². The van der Waals surface area contributed by atoms with Crippen LogP contribution in [0.3, 0.4) is 0 Å². The number of nitrogens with zero attached hydrogens (tertiary/aromatic N) is 2. The quantitative estimate of drug-likeness (QED) is 0.796. The van der Waals surface area contributed by atoms with Crippen molar-refractivity contribution in [3.63, 3.8) is 0 Å². The van der Waals surface area contributed by atoms with Gasteiger partial charge in [0, 0.05) is 24.5 Å². The van der Waals surface area contributed by atoms with Gasteiger partial charge >= 0.3 is 0 Å². The number of aryl methyl sites for hydroxylation is 1. The van der Waals surface area contributed by atoms with Crippen LogP contribution in [0.25, 0.3) is 0 Å². The van der Waals surface area contributed by atoms with Gasteiger partial charge in [-0.2, -0.15) is 0 Å². The normalized spacial score (nSPS) is 17.1. The molecule has 0 atom stereocenters. The van der Waals surface area contributed by atoms with E-state index < -0.39 is 0 Å². The molecule has 0 aliphatic heterocycles. The van der Waals surface area contributed by atoms with Gasteiger partial charge in [0.05, 0.1) is 0 Å². The van der Waals surface area contributed by atoms with Crippen molar-refractivity contribution in [1.82, 2.24) is 9.55 Å². The zero-order valence-electron chi connectivity index (χ0n) is 9.25. The molecule has 1 aromatic heterocycles. The van der Waals surface area contributed by atoms with Crippen LogP contribution in [0.15, 0.2) is 12.4 Å². The molecule has 0 unspecified atom stereocenters. The highest BCUT2D eigenvalue weighted by Gasteiger charge is 2.38. The third-order valence-corrected chi connectivity index (χ3v) is 3.09. The minimum absolute atomic E-state index is 0.193. The van der Waals surface area contributed by atoms with Crippen molar-refractivity contribution in [2.24, 2.45) is 5.92 Å². The summed E-state index contributed by atoms with van der Waals surface area (Å²) >= 11 is 0. The summed E-state index contributed by atoms with van der Waals surface area (Å²) in [6.07, 6.45) is 6.58. The lowest BCUT2D eigenvalue weighted by Gasteiger charge is -2.27. The molecule has 0 aromatic carbocycles. The van der Waals surface area contributed by atoms with E-state index in [1.165, 1.54) is 12.8 Å². The van der Waals surface area contributed by atoms with Crippen LogP contribution in [0.1, 0.15) is 33.6 Å². The molecule has 1 aliphatic carbocycles. The molecule has 0 spiro atoms. The molecule has 0 bridgehead atoms. The summed E-state index contributed by atoms with van der Waals surface area (Å²) in [5, 5.41) is 3.53. The maximum absolute atomic E-state index is 4.33. The van der Waals surface area contributed by atoms with Gasteiger partial charge in [-0.1, -0.05) is 0 Å². The fourth-order valence-corrected chi connectivity index (χ4v) is 1.88. The molecular weight excluding hydrogens is 174 g/mol. The number of hydrogen-bond acceptors (Lipinski definition) is 2. The summed E-state index contributed by atoms with van der Waals surface area (Å²) in [6.45, 7) is 7.64. The summed E-state index contributed by atoms with van der Waals surface area (Å²) < 4.78 is 2.14. The minimum atomic E-state index is 0.193. The fraction of sp³-hybridized carbons (Fsp3) is 0.727. The summed E-state index contributed by atoms with van der Waals surface area (Å²) in [6, 6.07) is 0. The summed E-state index contributed by atoms with van der Waals surface area (Å²) in [4.78, 5) is 4.33. The Morgan fingerprint density at radius 1 is 1.57 bits per heavy atom. The molecule has 1 heterocycles. The lowest BCUT2D eigenvalue weighted by atomic mass is 9.99. The highest BCUT2D eigenvalue weighted by molar-refractivity contribution is 5.31. The Morgan fingerprint density at radius 3 is 2.86 bits per heavy atom. The van der Waals surface area contributed by atoms with Crippen LogP contribution in [0, 0.1) is 5.92 Å². The Bertz CT molecular complexity index is 310. The number of rotatable bonds is 4. The summed E-state index contributed by atoms with van der Waals surface area (Å²) in [7, 11) is 0. The molecule has 1 aliphatic rings. The first-order chi connectivity index (χ1) is 6.63. The molecule has 1 aromatic rings. The number of aromatic nitrogens is 2. The van der Waals surface area contributed by atoms with E-state index in [1.807, 2.05) is 12.4 Å². The Morgan fingerprint density at radius 2 is 2.29 bits per heavy atom. The molecule has 3 nitrogen and oxygen atoms in total. The van der Waals surface area contributed by atoms with E-state index in [4.69, 9.17) is 0 Å². The van der Waals surface area contributed by atoms with Crippen LogP contribution >= 0.6 is 0 Å². The van der Waals surface area contributed by atoms with E-state index in [9.17, 15) is 0 Å². The molecule has 3 heteroatoms. The van der Waals surface area contributed by atoms with E-state index in [0.29, 0.717) is 0 Å². The second-order valence-electron chi connectivity index (χ2n) is 4.66. The van der Waals surface area contributed by atoms with E-state index in [2.05, 4.69) is 35.6 Å². The van der Waals surface area contributed by atoms with Gasteiger partial charge in [0.1, 0.15) is 0 Å². The van der Waals surface area contributed by atoms with E-state index in [1.54, 1.807) is 0 Å². The van der Waals surface area contributed by atoms with Gasteiger partial charge in [-0.05, 0) is 39.5 Å². The largest absolute Gasteiger partial charge is 0.351 e. The zero-order chi connectivity index (χ0) is 10.2. The second kappa shape index (κ2) is 3.30. The van der Waals surface area contributed by atoms with Gasteiger partial charge in [0.2, 0.25) is 5.95 Å². The van der Waals surface area contributed by atoms with Crippen molar-refractivity contribution in [2.45, 2.75) is 45.7 Å². The van der Waals surface area contributed by atoms with Crippen molar-refractivity contribution in [2.75, 3.05) is 5.32 Å². The Hall–Kier alpha value is -0.990. The maximum atomic E-state index is 4.33. The number of nitrogens with one attached hydrogen (secondary N) is 1. The lowest BCUT2D eigenvalue weighted by molar-refractivity contribution is 0.486. The topological polar surface area (TPSA) is 29.9 Å². The molecule has 0 saturated heterocycles. The van der Waals surface area contributed by atoms with Crippen molar-refractivity contribution < 1.29 is 0 Å². The highest BCUT2D eigenvalue weighted by atomic mass is 15.2. The molecule has 1 fully saturated rings. The van der Waals surface area contributed by atoms with E-state index in [0.717, 1.165) is 18.4 Å². The average Bonchev–Trinajstić information content (AvgIpc) is 2.89. The molecule has 2 rings (SSSR count). The molecule has 0 radical (unpaired) electrons. The third-order valence-electron chi connectivity index (χ3n) is 3.09. The van der Waals surface area contributed by atoms with Crippen LogP contribution < -0.4 is 5.32 Å². The maximum Gasteiger partial charge on any atom is 0.203 e. The van der Waals surface area contributed by atoms with Crippen molar-refractivity contribution in [1.29, 1.82) is 0 Å². The molecule has 0 amide bonds. The number of imidazole rings is 1. The minimum Gasteiger partial charge on any atom is -0.351 e. The Kier molecular flexibility index (Phi) is 2.25. The predicted molar refractivity (Wildman–Crippen MR) is 58.3 cm³/mol. The van der Waals surface area contributed by atoms with E-state index >= 15 is 0 Å². The second-order valence-corrected chi connectivity index (χ2v) is 4.66. The highest BCUT2D eigenvalue weighted by Crippen LogP contribution is 2.40. The van der Waals surface area contributed by atoms with Crippen LogP contribution in [0.5, 0.6) is 0 Å². The Labute approximate surface area is 85.5 Å². The first-order valence-corrected chi connectivity index (χ1v) is 5.43. The monoisotopic (exact) mass is 193 g/mol. The van der Waals surface area contributed by atoms with Crippen molar-refractivity contribution in [3.05, 3.63) is 12.4 Å². The summed E-state index contributed by atoms with van der Waals surface area (Å²) in [5.74, 6) is 1.83. The standard InChI is InChI=1S/C11H19N3/c1-4-14-8-7-12-10(14)13-11(2,3)9-5-6-9/h7-9H,4-6H2,1-3H3,(H,12,13). The van der Waals surface area contributed by atoms with Gasteiger partial charge < -0.3 is 9.88 Å². The van der Waals surface area contributed by atoms with Gasteiger partial charge in [0.25, 0.3) is 0 Å². The van der Waals surface area contributed by atoms with Gasteiger partial charge in [-0.15, -0.1) is 0 Å². The smallest absolute Gasteiger partial charge is 0.203 e. The van der Waals surface area contributed by atoms with Crippen LogP contribution in [-0.4, -0.2) is 15.1 Å². The van der Waals surface area contributed by atoms with Gasteiger partial charge in [-0.3, -0.25) is 0 Å². The lowest BCUT2D eigenvalue weighted by Crippen LogP contribution is -2.34. The number of anilines is 1. The fourth-order valence-electron chi connectivity index (χ4n) is 1.88. The molecule has 1 N–H and O–H groups in total. The molecule has 78 valence electrons. The predicted octanol–water partition coefficient (Wildman–Crippen LogP) is 2.50. The third kappa shape index (κ3) is 1.76. The van der Waals surface area contributed by atoms with Crippen LogP contribution in [-0.2, 0) is 6.54 Å².